The van der Waals surface area contributed by atoms with Crippen LogP contribution in [-0.4, -0.2) is 53.5 Å². The van der Waals surface area contributed by atoms with Gasteiger partial charge in [-0.3, -0.25) is 4.57 Å². The van der Waals surface area contributed by atoms with Gasteiger partial charge in [-0.15, -0.1) is 9.79 Å². The lowest BCUT2D eigenvalue weighted by atomic mass is 10.2. The van der Waals surface area contributed by atoms with E-state index in [1.807, 2.05) is 0 Å². The number of anilines is 1. The van der Waals surface area contributed by atoms with Crippen LogP contribution in [0.3, 0.4) is 0 Å². The highest BCUT2D eigenvalue weighted by Crippen LogP contribution is 2.30. The third kappa shape index (κ3) is 6.44. The second kappa shape index (κ2) is 9.92. The van der Waals surface area contributed by atoms with Crippen LogP contribution in [0.1, 0.15) is 18.2 Å². The Morgan fingerprint density at radius 3 is 2.36 bits per heavy atom. The van der Waals surface area contributed by atoms with Crippen molar-refractivity contribution >= 4 is 22.3 Å². The molecule has 140 valence electrons. The molecule has 0 saturated carbocycles. The van der Waals surface area contributed by atoms with Crippen molar-refractivity contribution in [3.05, 3.63) is 22.2 Å². The van der Waals surface area contributed by atoms with Crippen LogP contribution >= 0.6 is 16.5 Å². The maximum atomic E-state index is 11.7. The summed E-state index contributed by atoms with van der Waals surface area (Å²) >= 11 is 0. The second-order valence-electron chi connectivity index (χ2n) is 4.67. The third-order valence-corrected chi connectivity index (χ3v) is 4.18. The first-order valence-electron chi connectivity index (χ1n) is 6.62. The molecule has 13 nitrogen and oxygen atoms in total. The van der Waals surface area contributed by atoms with E-state index >= 15 is 0 Å². The Morgan fingerprint density at radius 1 is 1.36 bits per heavy atom. The van der Waals surface area contributed by atoms with Gasteiger partial charge in [0, 0.05) is 27.3 Å². The minimum Gasteiger partial charge on any atom is -0.394 e. The van der Waals surface area contributed by atoms with Crippen molar-refractivity contribution in [2.75, 3.05) is 12.3 Å². The van der Waals surface area contributed by atoms with Crippen molar-refractivity contribution in [1.29, 1.82) is 0 Å². The molecule has 1 aliphatic rings. The van der Waals surface area contributed by atoms with Gasteiger partial charge in [0.1, 0.15) is 18.1 Å². The fourth-order valence-corrected chi connectivity index (χ4v) is 2.44. The molecule has 1 saturated heterocycles. The molecule has 2 rings (SSSR count). The summed E-state index contributed by atoms with van der Waals surface area (Å²) in [6.45, 7) is -0.681. The summed E-state index contributed by atoms with van der Waals surface area (Å²) in [4.78, 5) is 30.6. The van der Waals surface area contributed by atoms with E-state index in [0.29, 0.717) is 5.56 Å². The normalized spacial score (nSPS) is 23.6. The van der Waals surface area contributed by atoms with Gasteiger partial charge in [0.25, 0.3) is 0 Å². The Hall–Kier alpha value is -1.40. The van der Waals surface area contributed by atoms with Gasteiger partial charge in [0.2, 0.25) is 0 Å². The molecule has 0 aliphatic carbocycles. The van der Waals surface area contributed by atoms with Gasteiger partial charge >= 0.3 is 22.2 Å². The van der Waals surface area contributed by atoms with Gasteiger partial charge in [-0.1, -0.05) is 0 Å². The topological polar surface area (TPSA) is 215 Å². The molecule has 1 aromatic heterocycles. The maximum absolute atomic E-state index is 11.7. The number of nitrogens with two attached hydrogens (primary N) is 1. The summed E-state index contributed by atoms with van der Waals surface area (Å²) < 4.78 is 28.6. The highest BCUT2D eigenvalue weighted by atomic mass is 31.2. The molecule has 1 aromatic rings. The van der Waals surface area contributed by atoms with E-state index in [-0.39, 0.29) is 25.5 Å². The van der Waals surface area contributed by atoms with E-state index in [4.69, 9.17) is 30.5 Å². The van der Waals surface area contributed by atoms with E-state index in [0.717, 1.165) is 4.57 Å². The third-order valence-electron chi connectivity index (χ3n) is 3.07. The second-order valence-corrected chi connectivity index (χ2v) is 6.28. The molecule has 0 bridgehead atoms. The number of aromatic nitrogens is 2. The molecular weight excluding hydrogens is 384 g/mol. The van der Waals surface area contributed by atoms with Gasteiger partial charge in [0.15, 0.2) is 4.31 Å². The molecule has 0 radical (unpaired) electrons. The molecule has 0 spiro atoms. The van der Waals surface area contributed by atoms with Crippen molar-refractivity contribution in [3.8, 4) is 0 Å². The predicted octanol–water partition coefficient (Wildman–Crippen LogP) is -1.74. The van der Waals surface area contributed by atoms with Gasteiger partial charge in [-0.25, -0.2) is 4.79 Å². The summed E-state index contributed by atoms with van der Waals surface area (Å²) in [7, 11) is -5.85. The maximum Gasteiger partial charge on any atom is 0.745 e. The number of rotatable bonds is 5. The Balaban J connectivity index is 0.000000381. The van der Waals surface area contributed by atoms with E-state index in [9.17, 15) is 19.0 Å². The summed E-state index contributed by atoms with van der Waals surface area (Å²) in [5.74, 6) is -0.0315. The standard InChI is InChI=1S/C10H15N3O5.O5P2/c11-9-5(3-14)2-13(10(17)12-9)8-1-6(16)7(4-15)18-8;1-6(2)5-7(3)4/h2,6-8,14-16H,1,3-4H2,(H2,11,12,17);/p+2/t6-,7+,8+;/m0./s1. The van der Waals surface area contributed by atoms with Crippen molar-refractivity contribution in [2.24, 2.45) is 0 Å². The Labute approximate surface area is 142 Å². The lowest BCUT2D eigenvalue weighted by Crippen LogP contribution is -2.29. The van der Waals surface area contributed by atoms with Crippen LogP contribution in [-0.2, 0) is 24.8 Å². The van der Waals surface area contributed by atoms with Crippen LogP contribution in [0, 0.1) is 0 Å². The fourth-order valence-electron chi connectivity index (χ4n) is 1.96. The average molecular weight is 401 g/mol. The van der Waals surface area contributed by atoms with Crippen LogP contribution in [0.15, 0.2) is 11.0 Å². The zero-order chi connectivity index (χ0) is 19.1. The molecule has 2 heterocycles. The van der Waals surface area contributed by atoms with Crippen LogP contribution in [0.25, 0.3) is 0 Å². The number of ether oxygens (including phenoxy) is 1. The van der Waals surface area contributed by atoms with Crippen LogP contribution in [0.2, 0.25) is 0 Å². The van der Waals surface area contributed by atoms with E-state index < -0.39 is 40.6 Å². The monoisotopic (exact) mass is 401 g/mol. The molecule has 7 N–H and O–H groups in total. The first-order valence-corrected chi connectivity index (χ1v) is 8.88. The number of aliphatic hydroxyl groups excluding tert-OH is 3. The van der Waals surface area contributed by atoms with Crippen molar-refractivity contribution in [2.45, 2.75) is 31.5 Å². The zero-order valence-corrected chi connectivity index (χ0v) is 14.4. The van der Waals surface area contributed by atoms with Gasteiger partial charge in [0.05, 0.1) is 19.3 Å². The summed E-state index contributed by atoms with van der Waals surface area (Å²) in [5.41, 5.74) is 5.15. The molecular formula is C10H17N3O10P2+2. The largest absolute Gasteiger partial charge is 0.745 e. The molecule has 0 amide bonds. The van der Waals surface area contributed by atoms with E-state index in [1.54, 1.807) is 0 Å². The van der Waals surface area contributed by atoms with Crippen LogP contribution in [0.5, 0.6) is 0 Å². The lowest BCUT2D eigenvalue weighted by Gasteiger charge is -2.15. The SMILES string of the molecule is Nc1nc(=O)n([C@H]2C[C@H](O)[C@@H](CO)O2)cc1CO.O=[P+](O)O[P+](=O)O. The minimum atomic E-state index is -2.92. The fraction of sp³-hybridized carbons (Fsp3) is 0.600. The Bertz CT molecular complexity index is 671. The predicted molar refractivity (Wildman–Crippen MR) is 81.2 cm³/mol. The number of hydrogen-bond acceptors (Lipinski definition) is 10. The number of hydrogen-bond donors (Lipinski definition) is 6. The molecule has 15 heteroatoms. The summed E-state index contributed by atoms with van der Waals surface area (Å²) in [5, 5.41) is 27.6. The quantitative estimate of drug-likeness (QED) is 0.303. The lowest BCUT2D eigenvalue weighted by molar-refractivity contribution is -0.0459. The molecule has 25 heavy (non-hydrogen) atoms. The number of aliphatic hydroxyl groups is 3. The van der Waals surface area contributed by atoms with Crippen molar-refractivity contribution in [3.63, 3.8) is 0 Å². The minimum absolute atomic E-state index is 0.0315. The van der Waals surface area contributed by atoms with Crippen LogP contribution in [0.4, 0.5) is 5.82 Å². The molecule has 5 atom stereocenters. The highest BCUT2D eigenvalue weighted by Gasteiger charge is 2.35. The summed E-state index contributed by atoms with van der Waals surface area (Å²) in [6.07, 6.45) is -0.772. The van der Waals surface area contributed by atoms with Gasteiger partial charge in [-0.2, -0.15) is 4.98 Å². The van der Waals surface area contributed by atoms with E-state index in [2.05, 4.69) is 9.29 Å². The van der Waals surface area contributed by atoms with E-state index in [1.165, 1.54) is 6.20 Å². The Morgan fingerprint density at radius 2 is 1.96 bits per heavy atom. The smallest absolute Gasteiger partial charge is 0.394 e. The van der Waals surface area contributed by atoms with Crippen molar-refractivity contribution < 1.29 is 43.3 Å². The molecule has 2 unspecified atom stereocenters. The highest BCUT2D eigenvalue weighted by molar-refractivity contribution is 7.46. The number of nitrogen functional groups attached to an aromatic ring is 1. The molecule has 1 fully saturated rings. The van der Waals surface area contributed by atoms with Gasteiger partial charge < -0.3 is 25.8 Å². The Kier molecular flexibility index (Phi) is 8.59. The van der Waals surface area contributed by atoms with Gasteiger partial charge in [-0.05, 0) is 0 Å². The average Bonchev–Trinajstić information content (AvgIpc) is 2.87. The van der Waals surface area contributed by atoms with Crippen LogP contribution < -0.4 is 11.4 Å². The molecule has 0 aromatic carbocycles. The first-order chi connectivity index (χ1) is 11.7. The van der Waals surface area contributed by atoms with Crippen molar-refractivity contribution in [1.82, 2.24) is 9.55 Å². The first kappa shape index (κ1) is 21.6. The summed E-state index contributed by atoms with van der Waals surface area (Å²) in [6, 6.07) is 0. The zero-order valence-electron chi connectivity index (χ0n) is 12.6. The molecule has 1 aliphatic heterocycles. The number of nitrogens with zero attached hydrogens (tertiary/aromatic N) is 2.